The number of hydrogen-bond acceptors (Lipinski definition) is 3. The molecule has 2 heterocycles. The largest absolute Gasteiger partial charge is 0.356 e. The van der Waals surface area contributed by atoms with Gasteiger partial charge in [0.25, 0.3) is 0 Å². The Morgan fingerprint density at radius 1 is 1.26 bits per heavy atom. The van der Waals surface area contributed by atoms with Crippen molar-refractivity contribution in [3.8, 4) is 0 Å². The summed E-state index contributed by atoms with van der Waals surface area (Å²) < 4.78 is 1.99. The maximum atomic E-state index is 4.44. The molecule has 2 N–H and O–H groups in total. The lowest BCUT2D eigenvalue weighted by molar-refractivity contribution is 0.375. The van der Waals surface area contributed by atoms with Crippen LogP contribution in [0.15, 0.2) is 41.7 Å². The molecule has 1 aliphatic heterocycles. The molecule has 1 aliphatic rings. The Morgan fingerprint density at radius 2 is 2.00 bits per heavy atom. The van der Waals surface area contributed by atoms with Crippen molar-refractivity contribution in [2.24, 2.45) is 4.99 Å². The number of aryl methyl sites for hydroxylation is 1. The number of benzene rings is 1. The van der Waals surface area contributed by atoms with Gasteiger partial charge in [-0.25, -0.2) is 9.67 Å². The van der Waals surface area contributed by atoms with Crippen LogP contribution in [0, 0.1) is 0 Å². The van der Waals surface area contributed by atoms with Gasteiger partial charge < -0.3 is 10.6 Å². The third-order valence-corrected chi connectivity index (χ3v) is 5.70. The number of aromatic nitrogens is 3. The number of aliphatic imine (C=N–C) groups is 1. The fourth-order valence-electron chi connectivity index (χ4n) is 3.80. The third kappa shape index (κ3) is 5.00. The zero-order valence-electron chi connectivity index (χ0n) is 16.5. The van der Waals surface area contributed by atoms with Crippen LogP contribution in [-0.2, 0) is 18.4 Å². The molecule has 6 nitrogen and oxygen atoms in total. The molecule has 0 bridgehead atoms. The second kappa shape index (κ2) is 10.1. The molecule has 7 heteroatoms. The Bertz CT molecular complexity index is 723. The van der Waals surface area contributed by atoms with Gasteiger partial charge in [0.1, 0.15) is 12.2 Å². The van der Waals surface area contributed by atoms with E-state index in [1.165, 1.54) is 5.56 Å². The average Bonchev–Trinajstić information content (AvgIpc) is 3.17. The minimum atomic E-state index is 0. The van der Waals surface area contributed by atoms with E-state index in [-0.39, 0.29) is 29.4 Å². The second-order valence-corrected chi connectivity index (χ2v) is 7.02. The zero-order valence-corrected chi connectivity index (χ0v) is 18.8. The van der Waals surface area contributed by atoms with Gasteiger partial charge in [-0.1, -0.05) is 44.2 Å². The van der Waals surface area contributed by atoms with Gasteiger partial charge in [-0.15, -0.1) is 24.0 Å². The molecule has 1 atom stereocenters. The Labute approximate surface area is 179 Å². The van der Waals surface area contributed by atoms with Crippen molar-refractivity contribution in [3.63, 3.8) is 0 Å². The molecule has 1 aromatic carbocycles. The third-order valence-electron chi connectivity index (χ3n) is 5.70. The van der Waals surface area contributed by atoms with Crippen LogP contribution in [0.1, 0.15) is 44.5 Å². The Kier molecular flexibility index (Phi) is 8.07. The van der Waals surface area contributed by atoms with Crippen LogP contribution in [0.5, 0.6) is 0 Å². The summed E-state index contributed by atoms with van der Waals surface area (Å²) in [5, 5.41) is 11.4. The first-order valence-electron chi connectivity index (χ1n) is 9.60. The molecular weight excluding hydrogens is 451 g/mol. The first-order chi connectivity index (χ1) is 12.7. The fraction of sp³-hybridized carbons (Fsp3) is 0.550. The van der Waals surface area contributed by atoms with Crippen LogP contribution >= 0.6 is 24.0 Å². The van der Waals surface area contributed by atoms with Gasteiger partial charge in [-0.3, -0.25) is 4.99 Å². The van der Waals surface area contributed by atoms with E-state index in [2.05, 4.69) is 69.9 Å². The van der Waals surface area contributed by atoms with Crippen LogP contribution in [0.3, 0.4) is 0 Å². The second-order valence-electron chi connectivity index (χ2n) is 7.02. The fourth-order valence-corrected chi connectivity index (χ4v) is 3.80. The summed E-state index contributed by atoms with van der Waals surface area (Å²) in [4.78, 5) is 8.73. The lowest BCUT2D eigenvalue weighted by Gasteiger charge is -2.34. The van der Waals surface area contributed by atoms with Gasteiger partial charge in [0.15, 0.2) is 5.96 Å². The molecule has 0 fully saturated rings. The highest BCUT2D eigenvalue weighted by atomic mass is 127. The van der Waals surface area contributed by atoms with Crippen molar-refractivity contribution < 1.29 is 0 Å². The number of fused-ring (bicyclic) bond motifs is 1. The van der Waals surface area contributed by atoms with Crippen molar-refractivity contribution in [1.82, 2.24) is 25.4 Å². The lowest BCUT2D eigenvalue weighted by atomic mass is 9.76. The lowest BCUT2D eigenvalue weighted by Crippen LogP contribution is -2.50. The highest BCUT2D eigenvalue weighted by Gasteiger charge is 2.29. The molecule has 0 spiro atoms. The van der Waals surface area contributed by atoms with Crippen LogP contribution < -0.4 is 10.6 Å². The summed E-state index contributed by atoms with van der Waals surface area (Å²) in [5.41, 5.74) is 1.50. The molecule has 0 radical (unpaired) electrons. The molecule has 0 amide bonds. The van der Waals surface area contributed by atoms with E-state index in [1.54, 1.807) is 6.33 Å². The van der Waals surface area contributed by atoms with Gasteiger partial charge in [0, 0.05) is 31.5 Å². The number of hydrogen-bond donors (Lipinski definition) is 2. The first-order valence-corrected chi connectivity index (χ1v) is 9.60. The minimum absolute atomic E-state index is 0. The quantitative estimate of drug-likeness (QED) is 0.377. The van der Waals surface area contributed by atoms with Crippen LogP contribution in [0.25, 0.3) is 0 Å². The predicted octanol–water partition coefficient (Wildman–Crippen LogP) is 3.13. The van der Waals surface area contributed by atoms with E-state index in [0.29, 0.717) is 6.04 Å². The van der Waals surface area contributed by atoms with E-state index in [4.69, 9.17) is 0 Å². The summed E-state index contributed by atoms with van der Waals surface area (Å²) in [7, 11) is 1.83. The van der Waals surface area contributed by atoms with Crippen LogP contribution in [-0.4, -0.2) is 40.4 Å². The maximum Gasteiger partial charge on any atom is 0.191 e. The van der Waals surface area contributed by atoms with E-state index in [0.717, 1.165) is 50.6 Å². The van der Waals surface area contributed by atoms with E-state index >= 15 is 0 Å². The molecule has 2 aromatic rings. The predicted molar refractivity (Wildman–Crippen MR) is 121 cm³/mol. The topological polar surface area (TPSA) is 67.1 Å². The van der Waals surface area contributed by atoms with Crippen LogP contribution in [0.4, 0.5) is 0 Å². The smallest absolute Gasteiger partial charge is 0.191 e. The summed E-state index contributed by atoms with van der Waals surface area (Å²) in [6.07, 6.45) is 5.81. The number of nitrogens with zero attached hydrogens (tertiary/aromatic N) is 4. The van der Waals surface area contributed by atoms with E-state index in [1.807, 2.05) is 11.7 Å². The number of nitrogens with one attached hydrogen (secondary N) is 2. The summed E-state index contributed by atoms with van der Waals surface area (Å²) in [5.74, 6) is 1.94. The number of halogens is 1. The maximum absolute atomic E-state index is 4.44. The minimum Gasteiger partial charge on any atom is -0.356 e. The summed E-state index contributed by atoms with van der Waals surface area (Å²) >= 11 is 0. The first kappa shape index (κ1) is 21.7. The highest BCUT2D eigenvalue weighted by molar-refractivity contribution is 14.0. The number of rotatable bonds is 6. The standard InChI is InChI=1S/C20H30N6.HI/c1-4-20(5-2,16-9-7-6-8-10-16)14-22-19(21-3)25-17-11-12-18-23-15-24-26(18)13-17;/h6-10,15,17H,4-5,11-14H2,1-3H3,(H2,21,22,25);1H. The van der Waals surface area contributed by atoms with Crippen molar-refractivity contribution >= 4 is 29.9 Å². The molecule has 0 aliphatic carbocycles. The Morgan fingerprint density at radius 3 is 2.67 bits per heavy atom. The van der Waals surface area contributed by atoms with Gasteiger partial charge in [0.2, 0.25) is 0 Å². The Hall–Kier alpha value is -1.64. The average molecular weight is 482 g/mol. The summed E-state index contributed by atoms with van der Waals surface area (Å²) in [6, 6.07) is 11.1. The molecule has 0 saturated heterocycles. The van der Waals surface area contributed by atoms with Gasteiger partial charge >= 0.3 is 0 Å². The van der Waals surface area contributed by atoms with E-state index in [9.17, 15) is 0 Å². The van der Waals surface area contributed by atoms with Crippen molar-refractivity contribution in [1.29, 1.82) is 0 Å². The molecule has 1 unspecified atom stereocenters. The van der Waals surface area contributed by atoms with E-state index < -0.39 is 0 Å². The van der Waals surface area contributed by atoms with Gasteiger partial charge in [-0.2, -0.15) is 5.10 Å². The normalized spacial score (nSPS) is 17.0. The van der Waals surface area contributed by atoms with Crippen molar-refractivity contribution in [2.75, 3.05) is 13.6 Å². The molecule has 1 aromatic heterocycles. The molecule has 148 valence electrons. The van der Waals surface area contributed by atoms with Crippen molar-refractivity contribution in [2.45, 2.75) is 57.5 Å². The zero-order chi connectivity index (χ0) is 18.4. The van der Waals surface area contributed by atoms with Crippen LogP contribution in [0.2, 0.25) is 0 Å². The number of guanidine groups is 1. The van der Waals surface area contributed by atoms with Crippen molar-refractivity contribution in [3.05, 3.63) is 48.0 Å². The van der Waals surface area contributed by atoms with Gasteiger partial charge in [0.05, 0.1) is 6.54 Å². The molecular formula is C20H31IN6. The SMILES string of the molecule is CCC(CC)(CNC(=NC)NC1CCc2ncnn2C1)c1ccccc1.I. The molecule has 0 saturated carbocycles. The monoisotopic (exact) mass is 482 g/mol. The molecule has 3 rings (SSSR count). The summed E-state index contributed by atoms with van der Waals surface area (Å²) in [6.45, 7) is 6.23. The van der Waals surface area contributed by atoms with Gasteiger partial charge in [-0.05, 0) is 24.8 Å². The highest BCUT2D eigenvalue weighted by Crippen LogP contribution is 2.30. The Balaban J connectivity index is 0.00000261. The molecule has 27 heavy (non-hydrogen) atoms.